The molecule has 0 atom stereocenters. The van der Waals surface area contributed by atoms with Crippen molar-refractivity contribution in [3.8, 4) is 0 Å². The first-order valence-corrected chi connectivity index (χ1v) is 5.90. The van der Waals surface area contributed by atoms with Gasteiger partial charge in [-0.2, -0.15) is 0 Å². The average Bonchev–Trinajstić information content (AvgIpc) is 1.93. The van der Waals surface area contributed by atoms with Gasteiger partial charge in [0.2, 0.25) is 0 Å². The number of hydrogen-bond acceptors (Lipinski definition) is 5. The van der Waals surface area contributed by atoms with Crippen LogP contribution in [0.1, 0.15) is 20.8 Å². The van der Waals surface area contributed by atoms with Gasteiger partial charge < -0.3 is 9.29 Å². The summed E-state index contributed by atoms with van der Waals surface area (Å²) in [4.78, 5) is 11.1. The molecular weight excluding hydrogens is 246 g/mol. The van der Waals surface area contributed by atoms with Crippen LogP contribution in [-0.4, -0.2) is 37.2 Å². The SMILES string of the molecule is CC(C)(C)C(=O)OCC(F)(F)CS(=O)(=O)[O-]. The summed E-state index contributed by atoms with van der Waals surface area (Å²) in [5, 5.41) is 0. The third-order valence-electron chi connectivity index (χ3n) is 1.41. The van der Waals surface area contributed by atoms with E-state index in [2.05, 4.69) is 4.74 Å². The molecule has 0 rings (SSSR count). The molecule has 0 spiro atoms. The Bertz CT molecular complexity index is 355. The van der Waals surface area contributed by atoms with E-state index < -0.39 is 39.8 Å². The predicted molar refractivity (Wildman–Crippen MR) is 49.9 cm³/mol. The second kappa shape index (κ2) is 4.62. The molecule has 0 heterocycles. The quantitative estimate of drug-likeness (QED) is 0.549. The zero-order valence-electron chi connectivity index (χ0n) is 9.12. The Morgan fingerprint density at radius 3 is 2.06 bits per heavy atom. The van der Waals surface area contributed by atoms with E-state index in [9.17, 15) is 26.5 Å². The second-order valence-electron chi connectivity index (χ2n) is 4.38. The molecule has 0 saturated heterocycles. The predicted octanol–water partition coefficient (Wildman–Crippen LogP) is 0.756. The van der Waals surface area contributed by atoms with Crippen LogP contribution >= 0.6 is 0 Å². The molecule has 16 heavy (non-hydrogen) atoms. The van der Waals surface area contributed by atoms with Crippen LogP contribution in [0.4, 0.5) is 8.78 Å². The van der Waals surface area contributed by atoms with Crippen molar-refractivity contribution in [2.75, 3.05) is 12.4 Å². The summed E-state index contributed by atoms with van der Waals surface area (Å²) >= 11 is 0. The lowest BCUT2D eigenvalue weighted by Crippen LogP contribution is -2.36. The molecule has 0 bridgehead atoms. The standard InChI is InChI=1S/C8H14F2O5S/c1-7(2,3)6(11)15-4-8(9,10)5-16(12,13)14/h4-5H2,1-3H3,(H,12,13,14)/p-1. The van der Waals surface area contributed by atoms with Gasteiger partial charge in [0.25, 0.3) is 5.92 Å². The zero-order chi connectivity index (χ0) is 13.2. The minimum atomic E-state index is -5.06. The maximum Gasteiger partial charge on any atom is 0.311 e. The summed E-state index contributed by atoms with van der Waals surface area (Å²) in [7, 11) is -5.06. The normalized spacial score (nSPS) is 13.6. The van der Waals surface area contributed by atoms with Gasteiger partial charge in [0.1, 0.15) is 15.9 Å². The van der Waals surface area contributed by atoms with Crippen LogP contribution in [0.5, 0.6) is 0 Å². The highest BCUT2D eigenvalue weighted by molar-refractivity contribution is 7.85. The highest BCUT2D eigenvalue weighted by Gasteiger charge is 2.35. The fraction of sp³-hybridized carbons (Fsp3) is 0.875. The molecular formula is C8H13F2O5S-. The Labute approximate surface area is 92.5 Å². The first kappa shape index (κ1) is 15.2. The highest BCUT2D eigenvalue weighted by Crippen LogP contribution is 2.20. The zero-order valence-corrected chi connectivity index (χ0v) is 9.94. The van der Waals surface area contributed by atoms with Crippen molar-refractivity contribution in [3.05, 3.63) is 0 Å². The van der Waals surface area contributed by atoms with E-state index in [-0.39, 0.29) is 0 Å². The smallest absolute Gasteiger partial charge is 0.311 e. The molecule has 0 aliphatic rings. The Hall–Kier alpha value is -0.760. The van der Waals surface area contributed by atoms with Crippen LogP contribution in [0.25, 0.3) is 0 Å². The Kier molecular flexibility index (Phi) is 4.40. The summed E-state index contributed by atoms with van der Waals surface area (Å²) in [6.45, 7) is 2.96. The van der Waals surface area contributed by atoms with Gasteiger partial charge in [0.05, 0.1) is 5.41 Å². The molecule has 0 aromatic carbocycles. The van der Waals surface area contributed by atoms with E-state index in [0.29, 0.717) is 0 Å². The fourth-order valence-electron chi connectivity index (χ4n) is 0.688. The van der Waals surface area contributed by atoms with E-state index in [1.165, 1.54) is 20.8 Å². The number of carbonyl (C=O) groups is 1. The van der Waals surface area contributed by atoms with Crippen LogP contribution in [0.15, 0.2) is 0 Å². The molecule has 0 N–H and O–H groups in total. The monoisotopic (exact) mass is 259 g/mol. The molecule has 0 aromatic heterocycles. The minimum Gasteiger partial charge on any atom is -0.748 e. The molecule has 0 aliphatic carbocycles. The minimum absolute atomic E-state index is 0.893. The molecule has 8 heteroatoms. The average molecular weight is 259 g/mol. The van der Waals surface area contributed by atoms with Crippen molar-refractivity contribution in [3.63, 3.8) is 0 Å². The number of hydrogen-bond donors (Lipinski definition) is 0. The van der Waals surface area contributed by atoms with Crippen molar-refractivity contribution >= 4 is 16.1 Å². The Balaban J connectivity index is 4.36. The molecule has 0 aliphatic heterocycles. The molecule has 0 saturated carbocycles. The van der Waals surface area contributed by atoms with Crippen LogP contribution in [0, 0.1) is 5.41 Å². The largest absolute Gasteiger partial charge is 0.748 e. The van der Waals surface area contributed by atoms with E-state index in [4.69, 9.17) is 0 Å². The molecule has 0 radical (unpaired) electrons. The fourth-order valence-corrected chi connectivity index (χ4v) is 1.29. The van der Waals surface area contributed by atoms with E-state index >= 15 is 0 Å². The number of alkyl halides is 2. The molecule has 0 amide bonds. The molecule has 0 fully saturated rings. The lowest BCUT2D eigenvalue weighted by Gasteiger charge is -2.21. The summed E-state index contributed by atoms with van der Waals surface area (Å²) < 4.78 is 60.2. The third-order valence-corrected chi connectivity index (χ3v) is 2.19. The van der Waals surface area contributed by atoms with E-state index in [0.717, 1.165) is 0 Å². The van der Waals surface area contributed by atoms with Gasteiger partial charge in [-0.25, -0.2) is 17.2 Å². The summed E-state index contributed by atoms with van der Waals surface area (Å²) in [5.41, 5.74) is -0.966. The number of esters is 1. The molecule has 0 aromatic rings. The van der Waals surface area contributed by atoms with Crippen LogP contribution in [0.2, 0.25) is 0 Å². The molecule has 0 unspecified atom stereocenters. The molecule has 96 valence electrons. The second-order valence-corrected chi connectivity index (χ2v) is 5.79. The topological polar surface area (TPSA) is 83.5 Å². The van der Waals surface area contributed by atoms with Gasteiger partial charge in [-0.1, -0.05) is 0 Å². The van der Waals surface area contributed by atoms with Gasteiger partial charge in [-0.15, -0.1) is 0 Å². The first-order chi connectivity index (χ1) is 6.83. The van der Waals surface area contributed by atoms with Crippen LogP contribution in [0.3, 0.4) is 0 Å². The Morgan fingerprint density at radius 2 is 1.75 bits per heavy atom. The van der Waals surface area contributed by atoms with Gasteiger partial charge in [-0.05, 0) is 20.8 Å². The number of halogens is 2. The van der Waals surface area contributed by atoms with Crippen molar-refractivity contribution in [1.29, 1.82) is 0 Å². The van der Waals surface area contributed by atoms with E-state index in [1.807, 2.05) is 0 Å². The first-order valence-electron chi connectivity index (χ1n) is 4.32. The van der Waals surface area contributed by atoms with Crippen LogP contribution < -0.4 is 0 Å². The summed E-state index contributed by atoms with van der Waals surface area (Å²) in [6, 6.07) is 0. The summed E-state index contributed by atoms with van der Waals surface area (Å²) in [5.74, 6) is -6.63. The number of ether oxygens (including phenoxy) is 1. The third kappa shape index (κ3) is 6.67. The number of rotatable bonds is 4. The van der Waals surface area contributed by atoms with Crippen molar-refractivity contribution in [1.82, 2.24) is 0 Å². The summed E-state index contributed by atoms with van der Waals surface area (Å²) in [6.07, 6.45) is 0. The van der Waals surface area contributed by atoms with Gasteiger partial charge in [0, 0.05) is 0 Å². The van der Waals surface area contributed by atoms with Crippen molar-refractivity contribution in [2.24, 2.45) is 5.41 Å². The van der Waals surface area contributed by atoms with Crippen LogP contribution in [-0.2, 0) is 19.6 Å². The number of carbonyl (C=O) groups excluding carboxylic acids is 1. The van der Waals surface area contributed by atoms with E-state index in [1.54, 1.807) is 0 Å². The van der Waals surface area contributed by atoms with Gasteiger partial charge in [0.15, 0.2) is 6.61 Å². The Morgan fingerprint density at radius 1 is 1.31 bits per heavy atom. The maximum absolute atomic E-state index is 12.8. The van der Waals surface area contributed by atoms with Crippen molar-refractivity contribution < 1.29 is 31.3 Å². The maximum atomic E-state index is 12.8. The lowest BCUT2D eigenvalue weighted by molar-refractivity contribution is -0.162. The van der Waals surface area contributed by atoms with Crippen molar-refractivity contribution in [2.45, 2.75) is 26.7 Å². The van der Waals surface area contributed by atoms with Gasteiger partial charge in [-0.3, -0.25) is 4.79 Å². The lowest BCUT2D eigenvalue weighted by atomic mass is 9.97. The van der Waals surface area contributed by atoms with Gasteiger partial charge >= 0.3 is 5.97 Å². The molecule has 5 nitrogen and oxygen atoms in total. The highest BCUT2D eigenvalue weighted by atomic mass is 32.2.